The number of nitrogens with zero attached hydrogens (tertiary/aromatic N) is 1. The monoisotopic (exact) mass is 234 g/mol. The van der Waals surface area contributed by atoms with Crippen LogP contribution in [0.2, 0.25) is 0 Å². The summed E-state index contributed by atoms with van der Waals surface area (Å²) in [6.45, 7) is 4.42. The molecule has 17 heavy (non-hydrogen) atoms. The molecule has 0 heterocycles. The van der Waals surface area contributed by atoms with Crippen molar-refractivity contribution in [2.24, 2.45) is 5.73 Å². The molecule has 0 aliphatic heterocycles. The number of rotatable bonds is 4. The van der Waals surface area contributed by atoms with Crippen molar-refractivity contribution in [2.75, 3.05) is 6.54 Å². The summed E-state index contributed by atoms with van der Waals surface area (Å²) in [5, 5.41) is 0. The van der Waals surface area contributed by atoms with E-state index < -0.39 is 0 Å². The molecule has 2 nitrogen and oxygen atoms in total. The predicted molar refractivity (Wildman–Crippen MR) is 74.9 cm³/mol. The zero-order chi connectivity index (χ0) is 11.4. The summed E-state index contributed by atoms with van der Waals surface area (Å²) in [6, 6.07) is 11.8. The van der Waals surface area contributed by atoms with E-state index in [1.165, 1.54) is 24.8 Å². The van der Waals surface area contributed by atoms with Gasteiger partial charge < -0.3 is 5.73 Å². The molecule has 2 N–H and O–H groups in total. The maximum absolute atomic E-state index is 5.98. The molecule has 0 aromatic heterocycles. The van der Waals surface area contributed by atoms with Crippen molar-refractivity contribution in [1.29, 1.82) is 0 Å². The van der Waals surface area contributed by atoms with Crippen LogP contribution in [0.1, 0.15) is 39.2 Å². The largest absolute Gasteiger partial charge is 0.328 e. The van der Waals surface area contributed by atoms with E-state index in [-0.39, 0.29) is 7.43 Å². The summed E-state index contributed by atoms with van der Waals surface area (Å²) >= 11 is 0. The minimum Gasteiger partial charge on any atom is -0.328 e. The van der Waals surface area contributed by atoms with Crippen molar-refractivity contribution < 1.29 is 0 Å². The first kappa shape index (κ1) is 14.2. The molecule has 2 atom stereocenters. The van der Waals surface area contributed by atoms with Gasteiger partial charge in [0.1, 0.15) is 0 Å². The Bertz CT molecular complexity index is 310. The van der Waals surface area contributed by atoms with E-state index in [4.69, 9.17) is 5.73 Å². The zero-order valence-corrected chi connectivity index (χ0v) is 10.1. The quantitative estimate of drug-likeness (QED) is 0.867. The summed E-state index contributed by atoms with van der Waals surface area (Å²) < 4.78 is 0. The fourth-order valence-electron chi connectivity index (χ4n) is 2.64. The highest BCUT2D eigenvalue weighted by molar-refractivity contribution is 5.14. The van der Waals surface area contributed by atoms with E-state index in [1.807, 2.05) is 0 Å². The van der Waals surface area contributed by atoms with Crippen LogP contribution in [0.25, 0.3) is 0 Å². The molecule has 2 heteroatoms. The van der Waals surface area contributed by atoms with E-state index in [9.17, 15) is 0 Å². The van der Waals surface area contributed by atoms with Crippen molar-refractivity contribution in [1.82, 2.24) is 4.90 Å². The molecule has 1 saturated carbocycles. The SMILES string of the molecule is C.CCN(Cc1ccccc1)[C@@H]1CC[C@H](N)C1. The van der Waals surface area contributed by atoms with Crippen LogP contribution in [0, 0.1) is 0 Å². The Morgan fingerprint density at radius 2 is 1.94 bits per heavy atom. The molecular weight excluding hydrogens is 208 g/mol. The highest BCUT2D eigenvalue weighted by atomic mass is 15.2. The van der Waals surface area contributed by atoms with Crippen molar-refractivity contribution in [2.45, 2.75) is 52.2 Å². The van der Waals surface area contributed by atoms with E-state index in [2.05, 4.69) is 42.2 Å². The summed E-state index contributed by atoms with van der Waals surface area (Å²) in [6.07, 6.45) is 3.62. The molecule has 0 bridgehead atoms. The lowest BCUT2D eigenvalue weighted by Gasteiger charge is -2.27. The first-order valence-electron chi connectivity index (χ1n) is 6.33. The lowest BCUT2D eigenvalue weighted by molar-refractivity contribution is 0.199. The van der Waals surface area contributed by atoms with Crippen LogP contribution in [-0.4, -0.2) is 23.5 Å². The molecule has 1 aromatic carbocycles. The van der Waals surface area contributed by atoms with Crippen LogP contribution in [0.5, 0.6) is 0 Å². The van der Waals surface area contributed by atoms with Crippen LogP contribution in [0.4, 0.5) is 0 Å². The van der Waals surface area contributed by atoms with E-state index in [0.717, 1.165) is 13.1 Å². The Labute approximate surface area is 106 Å². The van der Waals surface area contributed by atoms with Gasteiger partial charge in [0.05, 0.1) is 0 Å². The van der Waals surface area contributed by atoms with Gasteiger partial charge >= 0.3 is 0 Å². The normalized spacial score (nSPS) is 23.7. The Kier molecular flexibility index (Phi) is 5.66. The van der Waals surface area contributed by atoms with Crippen molar-refractivity contribution >= 4 is 0 Å². The highest BCUT2D eigenvalue weighted by Gasteiger charge is 2.26. The summed E-state index contributed by atoms with van der Waals surface area (Å²) in [4.78, 5) is 2.56. The molecule has 1 aromatic rings. The van der Waals surface area contributed by atoms with Gasteiger partial charge in [-0.3, -0.25) is 4.90 Å². The van der Waals surface area contributed by atoms with Gasteiger partial charge in [-0.25, -0.2) is 0 Å². The Morgan fingerprint density at radius 3 is 2.47 bits per heavy atom. The standard InChI is InChI=1S/C14H22N2.CH4/c1-2-16(14-9-8-13(15)10-14)11-12-6-4-3-5-7-12;/h3-7,13-14H,2,8-11,15H2,1H3;1H4/t13-,14+;/m0./s1. The smallest absolute Gasteiger partial charge is 0.0236 e. The Morgan fingerprint density at radius 1 is 1.24 bits per heavy atom. The molecule has 1 fully saturated rings. The Balaban J connectivity index is 0.00000144. The van der Waals surface area contributed by atoms with Crippen LogP contribution >= 0.6 is 0 Å². The zero-order valence-electron chi connectivity index (χ0n) is 10.1. The molecule has 0 spiro atoms. The van der Waals surface area contributed by atoms with Gasteiger partial charge in [0.15, 0.2) is 0 Å². The van der Waals surface area contributed by atoms with Crippen LogP contribution < -0.4 is 5.73 Å². The van der Waals surface area contributed by atoms with Crippen molar-refractivity contribution in [3.8, 4) is 0 Å². The average Bonchev–Trinajstić information content (AvgIpc) is 2.74. The fraction of sp³-hybridized carbons (Fsp3) is 0.600. The molecule has 0 amide bonds. The van der Waals surface area contributed by atoms with Gasteiger partial charge in [0.2, 0.25) is 0 Å². The first-order chi connectivity index (χ1) is 7.79. The van der Waals surface area contributed by atoms with Gasteiger partial charge in [0.25, 0.3) is 0 Å². The summed E-state index contributed by atoms with van der Waals surface area (Å²) in [5.74, 6) is 0. The van der Waals surface area contributed by atoms with E-state index in [1.54, 1.807) is 0 Å². The Hall–Kier alpha value is -0.860. The average molecular weight is 234 g/mol. The molecule has 2 rings (SSSR count). The van der Waals surface area contributed by atoms with Crippen LogP contribution in [-0.2, 0) is 6.54 Å². The van der Waals surface area contributed by atoms with Crippen molar-refractivity contribution in [3.05, 3.63) is 35.9 Å². The third-order valence-electron chi connectivity index (χ3n) is 3.60. The first-order valence-corrected chi connectivity index (χ1v) is 6.33. The van der Waals surface area contributed by atoms with Gasteiger partial charge in [-0.15, -0.1) is 0 Å². The molecule has 0 radical (unpaired) electrons. The third-order valence-corrected chi connectivity index (χ3v) is 3.60. The predicted octanol–water partition coefficient (Wildman–Crippen LogP) is 3.02. The topological polar surface area (TPSA) is 29.3 Å². The third kappa shape index (κ3) is 3.83. The highest BCUT2D eigenvalue weighted by Crippen LogP contribution is 2.24. The molecule has 0 unspecified atom stereocenters. The minimum absolute atomic E-state index is 0. The second-order valence-corrected chi connectivity index (χ2v) is 4.78. The van der Waals surface area contributed by atoms with E-state index in [0.29, 0.717) is 12.1 Å². The number of nitrogens with two attached hydrogens (primary N) is 1. The van der Waals surface area contributed by atoms with Gasteiger partial charge in [-0.05, 0) is 31.4 Å². The van der Waals surface area contributed by atoms with E-state index >= 15 is 0 Å². The minimum atomic E-state index is 0. The number of hydrogen-bond donors (Lipinski definition) is 1. The van der Waals surface area contributed by atoms with Gasteiger partial charge in [0, 0.05) is 18.6 Å². The second-order valence-electron chi connectivity index (χ2n) is 4.78. The van der Waals surface area contributed by atoms with Gasteiger partial charge in [-0.1, -0.05) is 44.7 Å². The van der Waals surface area contributed by atoms with Crippen molar-refractivity contribution in [3.63, 3.8) is 0 Å². The lowest BCUT2D eigenvalue weighted by Crippen LogP contribution is -2.33. The second kappa shape index (κ2) is 6.77. The van der Waals surface area contributed by atoms with Gasteiger partial charge in [-0.2, -0.15) is 0 Å². The summed E-state index contributed by atoms with van der Waals surface area (Å²) in [7, 11) is 0. The maximum atomic E-state index is 5.98. The summed E-state index contributed by atoms with van der Waals surface area (Å²) in [5.41, 5.74) is 7.39. The molecule has 0 saturated heterocycles. The molecule has 96 valence electrons. The molecule has 1 aliphatic rings. The lowest BCUT2D eigenvalue weighted by atomic mass is 10.1. The van der Waals surface area contributed by atoms with Crippen LogP contribution in [0.3, 0.4) is 0 Å². The van der Waals surface area contributed by atoms with Crippen LogP contribution in [0.15, 0.2) is 30.3 Å². The molecule has 1 aliphatic carbocycles. The molecular formula is C15H26N2. The fourth-order valence-corrected chi connectivity index (χ4v) is 2.64. The number of hydrogen-bond acceptors (Lipinski definition) is 2. The number of benzene rings is 1. The maximum Gasteiger partial charge on any atom is 0.0236 e.